The number of hydrogen-bond acceptors (Lipinski definition) is 2. The molecule has 86 valence electrons. The van der Waals surface area contributed by atoms with E-state index in [0.29, 0.717) is 6.54 Å². The topological polar surface area (TPSA) is 49.4 Å². The van der Waals surface area contributed by atoms with Crippen LogP contribution in [0.5, 0.6) is 0 Å². The Hall–Kier alpha value is -2.84. The molecule has 4 nitrogen and oxygen atoms in total. The monoisotopic (exact) mass is 448 g/mol. The Kier molecular flexibility index (Phi) is 4.66. The second-order valence-electron chi connectivity index (χ2n) is 2.80. The summed E-state index contributed by atoms with van der Waals surface area (Å²) in [6.45, 7) is 1.73. The minimum Gasteiger partial charge on any atom is -0.518 e. The summed E-state index contributed by atoms with van der Waals surface area (Å²) in [6, 6.07) is 9.39. The van der Waals surface area contributed by atoms with Gasteiger partial charge in [-0.25, -0.2) is 0 Å². The third-order valence-corrected chi connectivity index (χ3v) is 1.74. The zero-order valence-corrected chi connectivity index (χ0v) is 10.6. The van der Waals surface area contributed by atoms with Crippen LogP contribution in [0.25, 0.3) is 0 Å². The zero-order valence-electron chi connectivity index (χ0n) is 8.15. The fourth-order valence-corrected chi connectivity index (χ4v) is 1.05. The van der Waals surface area contributed by atoms with Crippen LogP contribution in [0.15, 0.2) is 30.3 Å². The molecule has 0 unspecified atom stereocenters. The van der Waals surface area contributed by atoms with E-state index < -0.39 is 0 Å². The normalized spacial score (nSPS) is 8.60. The summed E-state index contributed by atoms with van der Waals surface area (Å²) in [4.78, 5) is 21.1. The average Bonchev–Trinajstić information content (AvgIpc) is 2.18. The predicted octanol–water partition coefficient (Wildman–Crippen LogP) is 0.607. The summed E-state index contributed by atoms with van der Waals surface area (Å²) in [5.74, 6) is -0.225. The first-order chi connectivity index (χ1) is 6.74. The van der Waals surface area contributed by atoms with Crippen molar-refractivity contribution in [3.8, 4) is 0 Å². The number of carbonyl (C=O) groups is 1. The summed E-state index contributed by atoms with van der Waals surface area (Å²) >= 11 is 0. The van der Waals surface area contributed by atoms with Gasteiger partial charge < -0.3 is 10.2 Å². The quantitative estimate of drug-likeness (QED) is 0.417. The Bertz CT molecular complexity index is 316. The summed E-state index contributed by atoms with van der Waals surface area (Å²) in [6.07, 6.45) is 1.47. The molecule has 0 aliphatic heterocycles. The largest absolute Gasteiger partial charge is 0.518 e. The average molecular weight is 448 g/mol. The van der Waals surface area contributed by atoms with Gasteiger partial charge in [-0.15, -0.1) is 6.41 Å². The van der Waals surface area contributed by atoms with Gasteiger partial charge in [0.2, 0.25) is 5.91 Å². The SMILES string of the molecule is CC(=O)N(Cc1ccccc1)N[C-]=O.[Fm]. The number of nitrogens with zero attached hydrogens (tertiary/aromatic N) is 1. The molecule has 0 spiro atoms. The Labute approximate surface area is 82.5 Å². The Morgan fingerprint density at radius 2 is 2.00 bits per heavy atom. The molecule has 1 N–H and O–H groups in total. The fourth-order valence-electron chi connectivity index (χ4n) is 1.05. The Balaban J connectivity index is 0.00000196. The Morgan fingerprint density at radius 3 is 2.47 bits per heavy atom. The smallest absolute Gasteiger partial charge is 0.235 e. The van der Waals surface area contributed by atoms with Gasteiger partial charge in [-0.1, -0.05) is 30.3 Å². The van der Waals surface area contributed by atoms with Crippen molar-refractivity contribution < 1.29 is 9.59 Å². The molecule has 0 fully saturated rings. The maximum absolute atomic E-state index is 11.0. The summed E-state index contributed by atoms with van der Waals surface area (Å²) in [7, 11) is 0. The molecule has 0 saturated carbocycles. The van der Waals surface area contributed by atoms with E-state index in [9.17, 15) is 9.59 Å². The molecule has 15 heavy (non-hydrogen) atoms. The number of carbonyl (C=O) groups excluding carboxylic acids is 2. The molecule has 1 aromatic carbocycles. The maximum atomic E-state index is 11.0. The molecule has 0 aliphatic carbocycles. The molecular formula is C10H11FmN2O2-. The van der Waals surface area contributed by atoms with E-state index in [1.807, 2.05) is 30.3 Å². The molecular weight excluding hydrogens is 437 g/mol. The van der Waals surface area contributed by atoms with Gasteiger partial charge >= 0.3 is 0 Å². The summed E-state index contributed by atoms with van der Waals surface area (Å²) < 4.78 is 0. The molecule has 1 rings (SSSR count). The van der Waals surface area contributed by atoms with E-state index in [-0.39, 0.29) is 5.91 Å². The molecule has 0 aromatic heterocycles. The molecule has 0 radical (unpaired) electrons. The van der Waals surface area contributed by atoms with Crippen LogP contribution in [0.3, 0.4) is 0 Å². The van der Waals surface area contributed by atoms with Gasteiger partial charge in [0.05, 0.1) is 6.54 Å². The van der Waals surface area contributed by atoms with Crippen LogP contribution in [0.1, 0.15) is 12.5 Å². The minimum atomic E-state index is -0.225. The summed E-state index contributed by atoms with van der Waals surface area (Å²) in [5.41, 5.74) is 3.16. The van der Waals surface area contributed by atoms with Gasteiger partial charge in [0, 0.05) is 6.92 Å². The van der Waals surface area contributed by atoms with Crippen LogP contribution in [-0.2, 0) is 16.1 Å². The standard InChI is InChI=1S/C10H11N2O2.Fm/c1-9(14)12(11-8-13)7-10-5-3-2-4-6-10;/h2-6H,7H2,1H3,(H,11,13);/q-1;. The van der Waals surface area contributed by atoms with E-state index >= 15 is 0 Å². The first-order valence-electron chi connectivity index (χ1n) is 4.19. The van der Waals surface area contributed by atoms with Crippen LogP contribution < -0.4 is 5.43 Å². The molecule has 0 saturated heterocycles. The van der Waals surface area contributed by atoms with Gasteiger partial charge in [0.25, 0.3) is 0 Å². The third kappa shape index (κ3) is 3.59. The number of nitrogens with one attached hydrogen (secondary N) is 1. The van der Waals surface area contributed by atoms with Crippen molar-refractivity contribution in [2.45, 2.75) is 13.5 Å². The van der Waals surface area contributed by atoms with Gasteiger partial charge in [0.15, 0.2) is 0 Å². The van der Waals surface area contributed by atoms with E-state index in [0.717, 1.165) is 5.56 Å². The van der Waals surface area contributed by atoms with Crippen molar-refractivity contribution in [1.82, 2.24) is 10.4 Å². The van der Waals surface area contributed by atoms with Gasteiger partial charge in [-0.05, 0) is 5.56 Å². The second-order valence-corrected chi connectivity index (χ2v) is 2.80. The van der Waals surface area contributed by atoms with Crippen LogP contribution in [-0.4, -0.2) is 17.3 Å². The zero-order chi connectivity index (χ0) is 10.4. The number of hydrazine groups is 1. The molecule has 0 heterocycles. The molecule has 2 amide bonds. The van der Waals surface area contributed by atoms with Crippen molar-refractivity contribution in [3.63, 3.8) is 0 Å². The van der Waals surface area contributed by atoms with E-state index in [2.05, 4.69) is 5.43 Å². The minimum absolute atomic E-state index is 0. The van der Waals surface area contributed by atoms with E-state index in [1.165, 1.54) is 18.3 Å². The number of hydrogen-bond donors (Lipinski definition) is 1. The maximum Gasteiger partial charge on any atom is 0.235 e. The van der Waals surface area contributed by atoms with Crippen molar-refractivity contribution in [1.29, 1.82) is 0 Å². The summed E-state index contributed by atoms with van der Waals surface area (Å²) in [5, 5.41) is 1.20. The van der Waals surface area contributed by atoms with E-state index in [4.69, 9.17) is 0 Å². The van der Waals surface area contributed by atoms with Crippen molar-refractivity contribution in [3.05, 3.63) is 35.9 Å². The number of benzene rings is 1. The second kappa shape index (κ2) is 5.75. The third-order valence-electron chi connectivity index (χ3n) is 1.74. The molecule has 0 bridgehead atoms. The van der Waals surface area contributed by atoms with Crippen molar-refractivity contribution >= 4 is 12.3 Å². The first kappa shape index (κ1) is 12.2. The molecule has 5 heteroatoms. The number of rotatable bonds is 4. The Morgan fingerprint density at radius 1 is 1.40 bits per heavy atom. The number of amides is 2. The van der Waals surface area contributed by atoms with Crippen molar-refractivity contribution in [2.24, 2.45) is 0 Å². The fraction of sp³-hybridized carbons (Fsp3) is 0.200. The van der Waals surface area contributed by atoms with Gasteiger partial charge in [-0.3, -0.25) is 9.80 Å². The molecule has 0 aliphatic rings. The van der Waals surface area contributed by atoms with E-state index in [1.54, 1.807) is 0 Å². The van der Waals surface area contributed by atoms with Crippen LogP contribution >= 0.6 is 0 Å². The van der Waals surface area contributed by atoms with Gasteiger partial charge in [-0.2, -0.15) is 0 Å². The molecule has 1 aromatic rings. The van der Waals surface area contributed by atoms with Crippen LogP contribution in [0.2, 0.25) is 0 Å². The van der Waals surface area contributed by atoms with Crippen molar-refractivity contribution in [2.75, 3.05) is 0 Å². The first-order valence-corrected chi connectivity index (χ1v) is 4.19. The van der Waals surface area contributed by atoms with Gasteiger partial charge in [0.1, 0.15) is 0 Å². The van der Waals surface area contributed by atoms with Crippen LogP contribution in [0, 0.1) is 0 Å². The predicted molar refractivity (Wildman–Crippen MR) is 51.5 cm³/mol. The molecule has 0 atom stereocenters. The van der Waals surface area contributed by atoms with Crippen LogP contribution in [0.4, 0.5) is 0 Å².